The quantitative estimate of drug-likeness (QED) is 0.697. The van der Waals surface area contributed by atoms with E-state index in [1.165, 1.54) is 29.9 Å². The molecule has 25 heavy (non-hydrogen) atoms. The Kier molecular flexibility index (Phi) is 4.53. The minimum Gasteiger partial charge on any atom is -0.372 e. The van der Waals surface area contributed by atoms with Gasteiger partial charge >= 0.3 is 0 Å². The van der Waals surface area contributed by atoms with Crippen molar-refractivity contribution >= 4 is 28.6 Å². The number of nitrogens with zero attached hydrogens (tertiary/aromatic N) is 1. The molecule has 4 heteroatoms. The Morgan fingerprint density at radius 3 is 2.36 bits per heavy atom. The van der Waals surface area contributed by atoms with Gasteiger partial charge in [0, 0.05) is 30.0 Å². The fraction of sp³-hybridized carbons (Fsp3) is 0.190. The van der Waals surface area contributed by atoms with Gasteiger partial charge in [0.25, 0.3) is 5.91 Å². The van der Waals surface area contributed by atoms with E-state index in [1.54, 1.807) is 0 Å². The van der Waals surface area contributed by atoms with Gasteiger partial charge in [0.2, 0.25) is 0 Å². The van der Waals surface area contributed by atoms with Gasteiger partial charge in [-0.05, 0) is 54.1 Å². The number of anilines is 2. The second-order valence-corrected chi connectivity index (χ2v) is 7.14. The Hall–Kier alpha value is -2.59. The summed E-state index contributed by atoms with van der Waals surface area (Å²) in [6.07, 6.45) is 2.53. The van der Waals surface area contributed by atoms with Crippen LogP contribution in [0.15, 0.2) is 66.0 Å². The Morgan fingerprint density at radius 1 is 0.920 bits per heavy atom. The predicted molar refractivity (Wildman–Crippen MR) is 106 cm³/mol. The van der Waals surface area contributed by atoms with E-state index in [1.807, 2.05) is 53.9 Å². The van der Waals surface area contributed by atoms with Crippen LogP contribution in [0.25, 0.3) is 11.1 Å². The number of thiophene rings is 1. The molecule has 1 aromatic heterocycles. The summed E-state index contributed by atoms with van der Waals surface area (Å²) in [7, 11) is 0. The first kappa shape index (κ1) is 15.9. The van der Waals surface area contributed by atoms with Gasteiger partial charge in [-0.3, -0.25) is 4.79 Å². The van der Waals surface area contributed by atoms with Crippen molar-refractivity contribution in [3.8, 4) is 11.1 Å². The first-order chi connectivity index (χ1) is 12.3. The number of hydrogen-bond donors (Lipinski definition) is 1. The summed E-state index contributed by atoms with van der Waals surface area (Å²) in [6, 6.07) is 20.2. The first-order valence-electron chi connectivity index (χ1n) is 8.60. The lowest BCUT2D eigenvalue weighted by Crippen LogP contribution is -2.17. The molecule has 3 aromatic rings. The highest BCUT2D eigenvalue weighted by Crippen LogP contribution is 2.29. The summed E-state index contributed by atoms with van der Waals surface area (Å²) >= 11 is 1.48. The molecule has 3 nitrogen and oxygen atoms in total. The molecular formula is C21H20N2OS. The van der Waals surface area contributed by atoms with Crippen LogP contribution in [0, 0.1) is 0 Å². The monoisotopic (exact) mass is 348 g/mol. The van der Waals surface area contributed by atoms with E-state index in [4.69, 9.17) is 0 Å². The molecule has 4 rings (SSSR count). The van der Waals surface area contributed by atoms with E-state index in [2.05, 4.69) is 22.3 Å². The van der Waals surface area contributed by atoms with Crippen molar-refractivity contribution in [1.82, 2.24) is 0 Å². The summed E-state index contributed by atoms with van der Waals surface area (Å²) in [5, 5.41) is 4.99. The van der Waals surface area contributed by atoms with E-state index in [-0.39, 0.29) is 5.91 Å². The van der Waals surface area contributed by atoms with Crippen molar-refractivity contribution in [2.24, 2.45) is 0 Å². The van der Waals surface area contributed by atoms with Crippen molar-refractivity contribution in [1.29, 1.82) is 0 Å². The topological polar surface area (TPSA) is 32.3 Å². The summed E-state index contributed by atoms with van der Waals surface area (Å²) in [5.74, 6) is -0.0530. The van der Waals surface area contributed by atoms with Crippen molar-refractivity contribution in [2.45, 2.75) is 12.8 Å². The van der Waals surface area contributed by atoms with Crippen LogP contribution in [-0.2, 0) is 0 Å². The molecule has 0 unspecified atom stereocenters. The summed E-state index contributed by atoms with van der Waals surface area (Å²) in [4.78, 5) is 15.8. The van der Waals surface area contributed by atoms with E-state index in [0.717, 1.165) is 34.8 Å². The normalized spacial score (nSPS) is 13.8. The average Bonchev–Trinajstić information content (AvgIpc) is 3.35. The number of rotatable bonds is 4. The number of nitrogens with one attached hydrogen (secondary N) is 1. The minimum atomic E-state index is -0.0530. The molecule has 0 spiro atoms. The molecule has 0 aliphatic carbocycles. The largest absolute Gasteiger partial charge is 0.372 e. The summed E-state index contributed by atoms with van der Waals surface area (Å²) in [6.45, 7) is 2.25. The molecule has 0 radical (unpaired) electrons. The lowest BCUT2D eigenvalue weighted by Gasteiger charge is -2.17. The molecule has 1 N–H and O–H groups in total. The highest BCUT2D eigenvalue weighted by atomic mass is 32.1. The molecule has 1 aliphatic heterocycles. The summed E-state index contributed by atoms with van der Waals surface area (Å²) < 4.78 is 0. The molecule has 126 valence electrons. The lowest BCUT2D eigenvalue weighted by molar-refractivity contribution is 0.103. The number of benzene rings is 2. The zero-order chi connectivity index (χ0) is 17.1. The molecule has 1 amide bonds. The Balaban J connectivity index is 1.50. The van der Waals surface area contributed by atoms with E-state index in [0.29, 0.717) is 0 Å². The molecular weight excluding hydrogens is 328 g/mol. The fourth-order valence-electron chi connectivity index (χ4n) is 3.25. The van der Waals surface area contributed by atoms with Crippen LogP contribution in [0.4, 0.5) is 11.4 Å². The molecule has 1 saturated heterocycles. The molecule has 2 aromatic carbocycles. The highest BCUT2D eigenvalue weighted by molar-refractivity contribution is 7.12. The maximum absolute atomic E-state index is 12.7. The second-order valence-electron chi connectivity index (χ2n) is 6.22. The average molecular weight is 348 g/mol. The molecule has 2 heterocycles. The minimum absolute atomic E-state index is 0.0530. The van der Waals surface area contributed by atoms with Gasteiger partial charge in [-0.25, -0.2) is 0 Å². The van der Waals surface area contributed by atoms with Crippen molar-refractivity contribution < 1.29 is 4.79 Å². The third-order valence-electron chi connectivity index (χ3n) is 4.55. The van der Waals surface area contributed by atoms with Gasteiger partial charge in [0.1, 0.15) is 0 Å². The van der Waals surface area contributed by atoms with Gasteiger partial charge in [-0.2, -0.15) is 0 Å². The Labute approximate surface area is 151 Å². The maximum Gasteiger partial charge on any atom is 0.266 e. The van der Waals surface area contributed by atoms with Gasteiger partial charge < -0.3 is 10.2 Å². The van der Waals surface area contributed by atoms with Crippen molar-refractivity contribution in [2.75, 3.05) is 23.3 Å². The van der Waals surface area contributed by atoms with Gasteiger partial charge in [0.15, 0.2) is 0 Å². The number of hydrogen-bond acceptors (Lipinski definition) is 3. The van der Waals surface area contributed by atoms with E-state index >= 15 is 0 Å². The van der Waals surface area contributed by atoms with Crippen molar-refractivity contribution in [3.05, 3.63) is 70.9 Å². The van der Waals surface area contributed by atoms with Gasteiger partial charge in [-0.1, -0.05) is 30.3 Å². The third-order valence-corrected chi connectivity index (χ3v) is 5.47. The van der Waals surface area contributed by atoms with E-state index < -0.39 is 0 Å². The van der Waals surface area contributed by atoms with Gasteiger partial charge in [-0.15, -0.1) is 11.3 Å². The van der Waals surface area contributed by atoms with Crippen molar-refractivity contribution in [3.63, 3.8) is 0 Å². The fourth-order valence-corrected chi connectivity index (χ4v) is 4.06. The van der Waals surface area contributed by atoms with Gasteiger partial charge in [0.05, 0.1) is 4.88 Å². The molecule has 1 fully saturated rings. The SMILES string of the molecule is O=C(Nc1ccc(N2CCCC2)cc1)c1sccc1-c1ccccc1. The highest BCUT2D eigenvalue weighted by Gasteiger charge is 2.15. The Bertz CT molecular complexity index is 849. The molecule has 0 saturated carbocycles. The second kappa shape index (κ2) is 7.11. The standard InChI is InChI=1S/C21H20N2OS/c24-21(20-19(12-15-25-20)16-6-2-1-3-7-16)22-17-8-10-18(11-9-17)23-13-4-5-14-23/h1-3,6-12,15H,4-5,13-14H2,(H,22,24). The van der Waals surface area contributed by atoms with Crippen LogP contribution in [0.3, 0.4) is 0 Å². The summed E-state index contributed by atoms with van der Waals surface area (Å²) in [5.41, 5.74) is 4.12. The van der Waals surface area contributed by atoms with Crippen LogP contribution in [0.5, 0.6) is 0 Å². The maximum atomic E-state index is 12.7. The number of carbonyl (C=O) groups excluding carboxylic acids is 1. The first-order valence-corrected chi connectivity index (χ1v) is 9.48. The smallest absolute Gasteiger partial charge is 0.266 e. The number of carbonyl (C=O) groups is 1. The van der Waals surface area contributed by atoms with E-state index in [9.17, 15) is 4.79 Å². The predicted octanol–water partition coefficient (Wildman–Crippen LogP) is 5.27. The zero-order valence-electron chi connectivity index (χ0n) is 13.9. The van der Waals surface area contributed by atoms with Crippen LogP contribution in [-0.4, -0.2) is 19.0 Å². The third kappa shape index (κ3) is 3.44. The Morgan fingerprint density at radius 2 is 1.64 bits per heavy atom. The molecule has 0 bridgehead atoms. The van der Waals surface area contributed by atoms with Crippen LogP contribution < -0.4 is 10.2 Å². The number of amides is 1. The van der Waals surface area contributed by atoms with Crippen LogP contribution in [0.1, 0.15) is 22.5 Å². The molecule has 0 atom stereocenters. The van der Waals surface area contributed by atoms with Crippen LogP contribution in [0.2, 0.25) is 0 Å². The molecule has 1 aliphatic rings. The van der Waals surface area contributed by atoms with Crippen LogP contribution >= 0.6 is 11.3 Å². The lowest BCUT2D eigenvalue weighted by atomic mass is 10.1. The zero-order valence-corrected chi connectivity index (χ0v) is 14.8.